The maximum atomic E-state index is 5.19. The number of ether oxygens (including phenoxy) is 1. The largest absolute Gasteiger partial charge is 0.383 e. The number of unbranched alkanes of at least 4 members (excludes halogenated alkanes) is 6. The molecule has 0 aliphatic rings. The SMILES string of the molecule is COCCN(CCCCCCCCCS)CC(C)C. The number of nitrogens with zero attached hydrogens (tertiary/aromatic N) is 1. The summed E-state index contributed by atoms with van der Waals surface area (Å²) in [4.78, 5) is 2.55. The van der Waals surface area contributed by atoms with Crippen LogP contribution >= 0.6 is 12.6 Å². The van der Waals surface area contributed by atoms with Crippen molar-refractivity contribution in [2.45, 2.75) is 58.8 Å². The first-order valence-corrected chi connectivity index (χ1v) is 8.66. The predicted octanol–water partition coefficient (Wildman–Crippen LogP) is 4.25. The van der Waals surface area contributed by atoms with Gasteiger partial charge in [-0.05, 0) is 31.1 Å². The van der Waals surface area contributed by atoms with Crippen LogP contribution in [0.4, 0.5) is 0 Å². The number of hydrogen-bond donors (Lipinski definition) is 1. The van der Waals surface area contributed by atoms with E-state index in [4.69, 9.17) is 4.74 Å². The fourth-order valence-corrected chi connectivity index (χ4v) is 2.59. The van der Waals surface area contributed by atoms with Crippen molar-refractivity contribution in [2.75, 3.05) is 39.1 Å². The fraction of sp³-hybridized carbons (Fsp3) is 1.00. The molecule has 0 saturated heterocycles. The summed E-state index contributed by atoms with van der Waals surface area (Å²) in [5.41, 5.74) is 0. The van der Waals surface area contributed by atoms with E-state index in [1.54, 1.807) is 7.11 Å². The first kappa shape index (κ1) is 19.3. The lowest BCUT2D eigenvalue weighted by atomic mass is 10.1. The first-order valence-electron chi connectivity index (χ1n) is 8.02. The van der Waals surface area contributed by atoms with Crippen LogP contribution < -0.4 is 0 Å². The smallest absolute Gasteiger partial charge is 0.0589 e. The second-order valence-corrected chi connectivity index (χ2v) is 6.33. The van der Waals surface area contributed by atoms with Crippen molar-refractivity contribution in [1.29, 1.82) is 0 Å². The van der Waals surface area contributed by atoms with Crippen LogP contribution in [0.3, 0.4) is 0 Å². The molecule has 0 atom stereocenters. The van der Waals surface area contributed by atoms with E-state index in [0.717, 1.165) is 24.8 Å². The maximum absolute atomic E-state index is 5.19. The van der Waals surface area contributed by atoms with Crippen molar-refractivity contribution < 1.29 is 4.74 Å². The Balaban J connectivity index is 3.46. The van der Waals surface area contributed by atoms with Crippen LogP contribution in [0.25, 0.3) is 0 Å². The van der Waals surface area contributed by atoms with Crippen LogP contribution in [0.1, 0.15) is 58.8 Å². The highest BCUT2D eigenvalue weighted by Crippen LogP contribution is 2.09. The van der Waals surface area contributed by atoms with Crippen molar-refractivity contribution in [3.05, 3.63) is 0 Å². The van der Waals surface area contributed by atoms with Gasteiger partial charge in [0.1, 0.15) is 0 Å². The average molecular weight is 290 g/mol. The standard InChI is InChI=1S/C16H35NOS/c1-16(2)15-17(12-13-18-3)11-9-7-5-4-6-8-10-14-19/h16,19H,4-15H2,1-3H3. The summed E-state index contributed by atoms with van der Waals surface area (Å²) >= 11 is 4.24. The van der Waals surface area contributed by atoms with Gasteiger partial charge in [-0.1, -0.05) is 46.0 Å². The number of methoxy groups -OCH3 is 1. The minimum atomic E-state index is 0.748. The number of thiol groups is 1. The van der Waals surface area contributed by atoms with Gasteiger partial charge in [0.2, 0.25) is 0 Å². The van der Waals surface area contributed by atoms with Crippen molar-refractivity contribution in [2.24, 2.45) is 5.92 Å². The highest BCUT2D eigenvalue weighted by molar-refractivity contribution is 7.80. The van der Waals surface area contributed by atoms with Crippen LogP contribution in [-0.4, -0.2) is 44.0 Å². The van der Waals surface area contributed by atoms with Gasteiger partial charge >= 0.3 is 0 Å². The Morgan fingerprint density at radius 3 is 2.00 bits per heavy atom. The normalized spacial score (nSPS) is 11.7. The van der Waals surface area contributed by atoms with Gasteiger partial charge in [-0.3, -0.25) is 0 Å². The molecule has 0 N–H and O–H groups in total. The fourth-order valence-electron chi connectivity index (χ4n) is 2.36. The maximum Gasteiger partial charge on any atom is 0.0589 e. The molecule has 0 aromatic heterocycles. The zero-order chi connectivity index (χ0) is 14.3. The Morgan fingerprint density at radius 1 is 0.895 bits per heavy atom. The topological polar surface area (TPSA) is 12.5 Å². The van der Waals surface area contributed by atoms with Crippen LogP contribution in [0.2, 0.25) is 0 Å². The van der Waals surface area contributed by atoms with E-state index in [2.05, 4.69) is 31.4 Å². The molecule has 0 aliphatic carbocycles. The van der Waals surface area contributed by atoms with E-state index in [9.17, 15) is 0 Å². The molecular weight excluding hydrogens is 254 g/mol. The first-order chi connectivity index (χ1) is 9.20. The molecule has 0 aromatic rings. The van der Waals surface area contributed by atoms with Gasteiger partial charge < -0.3 is 9.64 Å². The Morgan fingerprint density at radius 2 is 1.47 bits per heavy atom. The predicted molar refractivity (Wildman–Crippen MR) is 89.3 cm³/mol. The van der Waals surface area contributed by atoms with E-state index < -0.39 is 0 Å². The molecule has 0 saturated carbocycles. The molecule has 0 amide bonds. The van der Waals surface area contributed by atoms with E-state index >= 15 is 0 Å². The summed E-state index contributed by atoms with van der Waals surface area (Å²) < 4.78 is 5.19. The van der Waals surface area contributed by atoms with Gasteiger partial charge in [0.05, 0.1) is 6.61 Å². The monoisotopic (exact) mass is 289 g/mol. The molecule has 0 spiro atoms. The Labute approximate surface area is 126 Å². The molecule has 0 aromatic carbocycles. The third-order valence-electron chi connectivity index (χ3n) is 3.37. The van der Waals surface area contributed by atoms with Crippen molar-refractivity contribution in [3.8, 4) is 0 Å². The minimum Gasteiger partial charge on any atom is -0.383 e. The number of rotatable bonds is 14. The molecule has 0 fully saturated rings. The molecular formula is C16H35NOS. The van der Waals surface area contributed by atoms with Crippen molar-refractivity contribution in [1.82, 2.24) is 4.90 Å². The summed E-state index contributed by atoms with van der Waals surface area (Å²) in [6.07, 6.45) is 9.53. The van der Waals surface area contributed by atoms with Gasteiger partial charge in [-0.2, -0.15) is 12.6 Å². The minimum absolute atomic E-state index is 0.748. The van der Waals surface area contributed by atoms with Crippen LogP contribution in [0.5, 0.6) is 0 Å². The molecule has 116 valence electrons. The quantitative estimate of drug-likeness (QED) is 0.379. The van der Waals surface area contributed by atoms with Crippen LogP contribution in [0.15, 0.2) is 0 Å². The van der Waals surface area contributed by atoms with Gasteiger partial charge in [0.25, 0.3) is 0 Å². The van der Waals surface area contributed by atoms with Gasteiger partial charge in [-0.15, -0.1) is 0 Å². The lowest BCUT2D eigenvalue weighted by Crippen LogP contribution is -2.32. The van der Waals surface area contributed by atoms with Gasteiger partial charge in [0.15, 0.2) is 0 Å². The Hall–Kier alpha value is 0.270. The van der Waals surface area contributed by atoms with E-state index in [1.165, 1.54) is 58.0 Å². The van der Waals surface area contributed by atoms with Crippen molar-refractivity contribution >= 4 is 12.6 Å². The molecule has 0 heterocycles. The van der Waals surface area contributed by atoms with E-state index in [-0.39, 0.29) is 0 Å². The Bertz CT molecular complexity index is 176. The van der Waals surface area contributed by atoms with Crippen LogP contribution in [-0.2, 0) is 4.74 Å². The second kappa shape index (κ2) is 14.7. The highest BCUT2D eigenvalue weighted by atomic mass is 32.1. The third-order valence-corrected chi connectivity index (χ3v) is 3.68. The van der Waals surface area contributed by atoms with Gasteiger partial charge in [0, 0.05) is 20.2 Å². The zero-order valence-corrected chi connectivity index (χ0v) is 14.3. The lowest BCUT2D eigenvalue weighted by molar-refractivity contribution is 0.138. The molecule has 19 heavy (non-hydrogen) atoms. The average Bonchev–Trinajstić information content (AvgIpc) is 2.38. The summed E-state index contributed by atoms with van der Waals surface area (Å²) in [5, 5.41) is 0. The summed E-state index contributed by atoms with van der Waals surface area (Å²) in [5.74, 6) is 1.79. The summed E-state index contributed by atoms with van der Waals surface area (Å²) in [6.45, 7) is 8.96. The summed E-state index contributed by atoms with van der Waals surface area (Å²) in [7, 11) is 1.79. The molecule has 2 nitrogen and oxygen atoms in total. The van der Waals surface area contributed by atoms with E-state index in [0.29, 0.717) is 0 Å². The Kier molecular flexibility index (Phi) is 14.9. The zero-order valence-electron chi connectivity index (χ0n) is 13.4. The molecule has 0 aliphatic heterocycles. The van der Waals surface area contributed by atoms with Crippen LogP contribution in [0, 0.1) is 5.92 Å². The molecule has 3 heteroatoms. The highest BCUT2D eigenvalue weighted by Gasteiger charge is 2.06. The molecule has 0 bridgehead atoms. The number of hydrogen-bond acceptors (Lipinski definition) is 3. The molecule has 0 radical (unpaired) electrons. The molecule has 0 unspecified atom stereocenters. The molecule has 0 rings (SSSR count). The van der Waals surface area contributed by atoms with Gasteiger partial charge in [-0.25, -0.2) is 0 Å². The second-order valence-electron chi connectivity index (χ2n) is 5.89. The lowest BCUT2D eigenvalue weighted by Gasteiger charge is -2.23. The van der Waals surface area contributed by atoms with E-state index in [1.807, 2.05) is 0 Å². The third kappa shape index (κ3) is 14.5. The summed E-state index contributed by atoms with van der Waals surface area (Å²) in [6, 6.07) is 0. The van der Waals surface area contributed by atoms with Crippen molar-refractivity contribution in [3.63, 3.8) is 0 Å².